The van der Waals surface area contributed by atoms with Crippen molar-refractivity contribution in [3.05, 3.63) is 53.6 Å². The molecule has 0 fully saturated rings. The maximum atomic E-state index is 5.25. The van der Waals surface area contributed by atoms with Crippen molar-refractivity contribution in [1.29, 1.82) is 0 Å². The number of ether oxygens (including phenoxy) is 1. The molecule has 0 atom stereocenters. The van der Waals surface area contributed by atoms with Gasteiger partial charge in [0.1, 0.15) is 5.75 Å². The molecule has 1 N–H and O–H groups in total. The van der Waals surface area contributed by atoms with E-state index in [1.807, 2.05) is 12.1 Å². The fourth-order valence-electron chi connectivity index (χ4n) is 1.89. The van der Waals surface area contributed by atoms with Crippen LogP contribution in [-0.2, 0) is 6.42 Å². The number of aryl methyl sites for hydroxylation is 2. The third-order valence-corrected chi connectivity index (χ3v) is 3.06. The number of methoxy groups -OCH3 is 1. The van der Waals surface area contributed by atoms with Crippen LogP contribution in [0, 0.1) is 6.92 Å². The monoisotopic (exact) mass is 241 g/mol. The summed E-state index contributed by atoms with van der Waals surface area (Å²) in [6.45, 7) is 4.25. The van der Waals surface area contributed by atoms with Crippen molar-refractivity contribution in [2.75, 3.05) is 12.4 Å². The van der Waals surface area contributed by atoms with Gasteiger partial charge in [0.15, 0.2) is 0 Å². The summed E-state index contributed by atoms with van der Waals surface area (Å²) in [6.07, 6.45) is 1.05. The van der Waals surface area contributed by atoms with E-state index in [1.54, 1.807) is 7.11 Å². The zero-order chi connectivity index (χ0) is 13.0. The third-order valence-electron chi connectivity index (χ3n) is 3.06. The Morgan fingerprint density at radius 2 is 1.94 bits per heavy atom. The zero-order valence-electron chi connectivity index (χ0n) is 11.2. The molecular weight excluding hydrogens is 222 g/mol. The van der Waals surface area contributed by atoms with Gasteiger partial charge in [-0.05, 0) is 42.7 Å². The molecule has 2 aromatic rings. The fraction of sp³-hybridized carbons (Fsp3) is 0.250. The van der Waals surface area contributed by atoms with Gasteiger partial charge in [-0.15, -0.1) is 0 Å². The Bertz CT molecular complexity index is 534. The van der Waals surface area contributed by atoms with Crippen LogP contribution in [0.15, 0.2) is 42.5 Å². The van der Waals surface area contributed by atoms with Crippen molar-refractivity contribution in [3.8, 4) is 5.75 Å². The number of anilines is 2. The second-order valence-corrected chi connectivity index (χ2v) is 4.36. The lowest BCUT2D eigenvalue weighted by Crippen LogP contribution is -1.95. The van der Waals surface area contributed by atoms with Crippen LogP contribution < -0.4 is 10.1 Å². The first-order valence-corrected chi connectivity index (χ1v) is 6.23. The minimum Gasteiger partial charge on any atom is -0.497 e. The van der Waals surface area contributed by atoms with Gasteiger partial charge in [0.05, 0.1) is 7.11 Å². The van der Waals surface area contributed by atoms with Crippen molar-refractivity contribution < 1.29 is 4.74 Å². The fourth-order valence-corrected chi connectivity index (χ4v) is 1.89. The molecule has 18 heavy (non-hydrogen) atoms. The second-order valence-electron chi connectivity index (χ2n) is 4.36. The molecule has 0 bridgehead atoms. The summed E-state index contributed by atoms with van der Waals surface area (Å²) >= 11 is 0. The SMILES string of the molecule is CCc1cccc(Nc2cc(OC)ccc2C)c1. The van der Waals surface area contributed by atoms with Gasteiger partial charge in [0, 0.05) is 17.4 Å². The van der Waals surface area contributed by atoms with Crippen molar-refractivity contribution in [3.63, 3.8) is 0 Å². The molecule has 0 aliphatic carbocycles. The van der Waals surface area contributed by atoms with E-state index in [1.165, 1.54) is 11.1 Å². The Morgan fingerprint density at radius 3 is 2.67 bits per heavy atom. The highest BCUT2D eigenvalue weighted by molar-refractivity contribution is 5.65. The third kappa shape index (κ3) is 2.83. The van der Waals surface area contributed by atoms with Crippen molar-refractivity contribution in [2.24, 2.45) is 0 Å². The van der Waals surface area contributed by atoms with Crippen molar-refractivity contribution >= 4 is 11.4 Å². The Morgan fingerprint density at radius 1 is 1.11 bits per heavy atom. The van der Waals surface area contributed by atoms with E-state index in [9.17, 15) is 0 Å². The summed E-state index contributed by atoms with van der Waals surface area (Å²) < 4.78 is 5.25. The van der Waals surface area contributed by atoms with Crippen LogP contribution >= 0.6 is 0 Å². The summed E-state index contributed by atoms with van der Waals surface area (Å²) in [5, 5.41) is 3.44. The summed E-state index contributed by atoms with van der Waals surface area (Å²) in [5.74, 6) is 0.870. The molecule has 0 aromatic heterocycles. The van der Waals surface area contributed by atoms with E-state index in [2.05, 4.69) is 49.5 Å². The Labute approximate surface area is 109 Å². The lowest BCUT2D eigenvalue weighted by molar-refractivity contribution is 0.415. The molecule has 2 heteroatoms. The molecule has 2 rings (SSSR count). The number of benzene rings is 2. The van der Waals surface area contributed by atoms with Crippen LogP contribution in [0.2, 0.25) is 0 Å². The van der Waals surface area contributed by atoms with E-state index >= 15 is 0 Å². The van der Waals surface area contributed by atoms with E-state index in [0.717, 1.165) is 23.5 Å². The predicted molar refractivity (Wildman–Crippen MR) is 76.8 cm³/mol. The van der Waals surface area contributed by atoms with Gasteiger partial charge in [0.2, 0.25) is 0 Å². The average molecular weight is 241 g/mol. The van der Waals surface area contributed by atoms with Gasteiger partial charge in [0.25, 0.3) is 0 Å². The highest BCUT2D eigenvalue weighted by Crippen LogP contribution is 2.25. The molecule has 0 radical (unpaired) electrons. The van der Waals surface area contributed by atoms with E-state index in [-0.39, 0.29) is 0 Å². The topological polar surface area (TPSA) is 21.3 Å². The molecule has 0 saturated heterocycles. The lowest BCUT2D eigenvalue weighted by atomic mass is 10.1. The van der Waals surface area contributed by atoms with Crippen molar-refractivity contribution in [1.82, 2.24) is 0 Å². The Balaban J connectivity index is 2.27. The molecular formula is C16H19NO. The molecule has 0 unspecified atom stereocenters. The van der Waals surface area contributed by atoms with E-state index < -0.39 is 0 Å². The molecule has 2 aromatic carbocycles. The van der Waals surface area contributed by atoms with Crippen LogP contribution in [0.3, 0.4) is 0 Å². The van der Waals surface area contributed by atoms with Gasteiger partial charge in [-0.1, -0.05) is 25.1 Å². The minimum atomic E-state index is 0.870. The van der Waals surface area contributed by atoms with Gasteiger partial charge >= 0.3 is 0 Å². The maximum absolute atomic E-state index is 5.25. The normalized spacial score (nSPS) is 10.2. The van der Waals surface area contributed by atoms with Crippen LogP contribution in [0.25, 0.3) is 0 Å². The molecule has 0 amide bonds. The van der Waals surface area contributed by atoms with E-state index in [4.69, 9.17) is 4.74 Å². The van der Waals surface area contributed by atoms with Gasteiger partial charge in [-0.2, -0.15) is 0 Å². The number of nitrogens with one attached hydrogen (secondary N) is 1. The molecule has 0 heterocycles. The minimum absolute atomic E-state index is 0.870. The molecule has 2 nitrogen and oxygen atoms in total. The van der Waals surface area contributed by atoms with Crippen LogP contribution in [0.4, 0.5) is 11.4 Å². The van der Waals surface area contributed by atoms with Crippen LogP contribution in [0.1, 0.15) is 18.1 Å². The summed E-state index contributed by atoms with van der Waals surface area (Å²) in [5.41, 5.74) is 4.74. The lowest BCUT2D eigenvalue weighted by Gasteiger charge is -2.12. The van der Waals surface area contributed by atoms with Crippen LogP contribution in [0.5, 0.6) is 5.75 Å². The first-order chi connectivity index (χ1) is 8.72. The average Bonchev–Trinajstić information content (AvgIpc) is 2.41. The number of rotatable bonds is 4. The van der Waals surface area contributed by atoms with Gasteiger partial charge < -0.3 is 10.1 Å². The first-order valence-electron chi connectivity index (χ1n) is 6.23. The number of hydrogen-bond donors (Lipinski definition) is 1. The smallest absolute Gasteiger partial charge is 0.120 e. The highest BCUT2D eigenvalue weighted by Gasteiger charge is 2.02. The van der Waals surface area contributed by atoms with Gasteiger partial charge in [-0.3, -0.25) is 0 Å². The molecule has 0 spiro atoms. The number of hydrogen-bond acceptors (Lipinski definition) is 2. The summed E-state index contributed by atoms with van der Waals surface area (Å²) in [6, 6.07) is 14.5. The standard InChI is InChI=1S/C16H19NO/c1-4-13-6-5-7-14(10-13)17-16-11-15(18-3)9-8-12(16)2/h5-11,17H,4H2,1-3H3. The van der Waals surface area contributed by atoms with Crippen LogP contribution in [-0.4, -0.2) is 7.11 Å². The first kappa shape index (κ1) is 12.5. The summed E-state index contributed by atoms with van der Waals surface area (Å²) in [7, 11) is 1.69. The van der Waals surface area contributed by atoms with Gasteiger partial charge in [-0.25, -0.2) is 0 Å². The molecule has 0 aliphatic rings. The Kier molecular flexibility index (Phi) is 3.88. The molecule has 0 saturated carbocycles. The Hall–Kier alpha value is -1.96. The molecule has 94 valence electrons. The largest absolute Gasteiger partial charge is 0.497 e. The maximum Gasteiger partial charge on any atom is 0.120 e. The zero-order valence-corrected chi connectivity index (χ0v) is 11.2. The predicted octanol–water partition coefficient (Wildman–Crippen LogP) is 4.31. The molecule has 0 aliphatic heterocycles. The van der Waals surface area contributed by atoms with E-state index in [0.29, 0.717) is 0 Å². The summed E-state index contributed by atoms with van der Waals surface area (Å²) in [4.78, 5) is 0. The van der Waals surface area contributed by atoms with Crippen molar-refractivity contribution in [2.45, 2.75) is 20.3 Å². The quantitative estimate of drug-likeness (QED) is 0.861. The second kappa shape index (κ2) is 5.58. The highest BCUT2D eigenvalue weighted by atomic mass is 16.5.